The van der Waals surface area contributed by atoms with Crippen LogP contribution in [0, 0.1) is 0 Å². The summed E-state index contributed by atoms with van der Waals surface area (Å²) in [6.45, 7) is 1.73. The van der Waals surface area contributed by atoms with Crippen LogP contribution in [0.5, 0.6) is 11.5 Å². The molecule has 0 aliphatic carbocycles. The van der Waals surface area contributed by atoms with E-state index in [-0.39, 0.29) is 10.9 Å². The van der Waals surface area contributed by atoms with E-state index in [1.54, 1.807) is 22.5 Å². The SMILES string of the molecule is O=S(=O)(c1cccc(Cl)c1)N1CCCC1c1ccc2c(c1)OCCCO2. The number of fused-ring (bicyclic) bond motifs is 1. The van der Waals surface area contributed by atoms with Gasteiger partial charge in [-0.1, -0.05) is 23.7 Å². The van der Waals surface area contributed by atoms with Crippen LogP contribution in [0.4, 0.5) is 0 Å². The van der Waals surface area contributed by atoms with Crippen LogP contribution in [0.25, 0.3) is 0 Å². The van der Waals surface area contributed by atoms with Crippen LogP contribution in [-0.4, -0.2) is 32.5 Å². The van der Waals surface area contributed by atoms with Crippen molar-refractivity contribution < 1.29 is 17.9 Å². The maximum atomic E-state index is 13.1. The molecule has 0 saturated carbocycles. The van der Waals surface area contributed by atoms with Crippen molar-refractivity contribution in [2.45, 2.75) is 30.2 Å². The number of halogens is 1. The summed E-state index contributed by atoms with van der Waals surface area (Å²) in [6, 6.07) is 11.9. The van der Waals surface area contributed by atoms with Crippen LogP contribution in [0.15, 0.2) is 47.4 Å². The second kappa shape index (κ2) is 7.10. The average molecular weight is 394 g/mol. The molecule has 0 amide bonds. The standard InChI is InChI=1S/C19H20ClNO4S/c20-15-4-1-5-16(13-15)26(22,23)21-9-2-6-17(21)14-7-8-18-19(12-14)25-11-3-10-24-18/h1,4-5,7-8,12-13,17H,2-3,6,9-11H2. The quantitative estimate of drug-likeness (QED) is 0.790. The molecule has 0 N–H and O–H groups in total. The van der Waals surface area contributed by atoms with Gasteiger partial charge in [0, 0.05) is 18.0 Å². The Balaban J connectivity index is 1.68. The Hall–Kier alpha value is -1.76. The molecule has 0 spiro atoms. The predicted octanol–water partition coefficient (Wildman–Crippen LogP) is 4.03. The number of benzene rings is 2. The molecule has 2 aliphatic heterocycles. The van der Waals surface area contributed by atoms with Gasteiger partial charge in [0.25, 0.3) is 0 Å². The van der Waals surface area contributed by atoms with Gasteiger partial charge in [0.15, 0.2) is 11.5 Å². The molecule has 1 saturated heterocycles. The van der Waals surface area contributed by atoms with E-state index in [0.717, 1.165) is 24.8 Å². The van der Waals surface area contributed by atoms with E-state index in [1.807, 2.05) is 18.2 Å². The lowest BCUT2D eigenvalue weighted by molar-refractivity contribution is 0.296. The summed E-state index contributed by atoms with van der Waals surface area (Å²) in [5.74, 6) is 1.40. The van der Waals surface area contributed by atoms with Gasteiger partial charge < -0.3 is 9.47 Å². The van der Waals surface area contributed by atoms with Crippen LogP contribution >= 0.6 is 11.6 Å². The largest absolute Gasteiger partial charge is 0.490 e. The number of sulfonamides is 1. The summed E-state index contributed by atoms with van der Waals surface area (Å²) in [5, 5.41) is 0.414. The van der Waals surface area contributed by atoms with Crippen molar-refractivity contribution in [1.82, 2.24) is 4.31 Å². The molecule has 2 aliphatic rings. The molecule has 0 radical (unpaired) electrons. The van der Waals surface area contributed by atoms with Crippen molar-refractivity contribution in [3.63, 3.8) is 0 Å². The minimum absolute atomic E-state index is 0.212. The van der Waals surface area contributed by atoms with Gasteiger partial charge in [0.1, 0.15) is 0 Å². The fourth-order valence-corrected chi connectivity index (χ4v) is 5.49. The predicted molar refractivity (Wildman–Crippen MR) is 99.4 cm³/mol. The van der Waals surface area contributed by atoms with E-state index in [9.17, 15) is 8.42 Å². The summed E-state index contributed by atoms with van der Waals surface area (Å²) in [7, 11) is -3.61. The molecule has 2 aromatic rings. The minimum Gasteiger partial charge on any atom is -0.490 e. The van der Waals surface area contributed by atoms with Gasteiger partial charge >= 0.3 is 0 Å². The minimum atomic E-state index is -3.61. The van der Waals surface area contributed by atoms with E-state index in [0.29, 0.717) is 36.3 Å². The first-order valence-electron chi connectivity index (χ1n) is 8.73. The van der Waals surface area contributed by atoms with E-state index in [4.69, 9.17) is 21.1 Å². The summed E-state index contributed by atoms with van der Waals surface area (Å²) in [6.07, 6.45) is 2.43. The van der Waals surface area contributed by atoms with Gasteiger partial charge in [-0.3, -0.25) is 0 Å². The van der Waals surface area contributed by atoms with Crippen molar-refractivity contribution >= 4 is 21.6 Å². The molecule has 7 heteroatoms. The van der Waals surface area contributed by atoms with Crippen LogP contribution in [0.2, 0.25) is 5.02 Å². The number of hydrogen-bond acceptors (Lipinski definition) is 4. The van der Waals surface area contributed by atoms with E-state index in [2.05, 4.69) is 0 Å². The third-order valence-electron chi connectivity index (χ3n) is 4.76. The van der Waals surface area contributed by atoms with Crippen molar-refractivity contribution in [1.29, 1.82) is 0 Å². The van der Waals surface area contributed by atoms with Crippen LogP contribution in [0.1, 0.15) is 30.9 Å². The van der Waals surface area contributed by atoms with Gasteiger partial charge in [0.2, 0.25) is 10.0 Å². The highest BCUT2D eigenvalue weighted by atomic mass is 35.5. The normalized spacial score (nSPS) is 20.7. The number of rotatable bonds is 3. The molecule has 1 fully saturated rings. The topological polar surface area (TPSA) is 55.8 Å². The van der Waals surface area contributed by atoms with Crippen molar-refractivity contribution in [3.8, 4) is 11.5 Å². The highest BCUT2D eigenvalue weighted by molar-refractivity contribution is 7.89. The van der Waals surface area contributed by atoms with Crippen molar-refractivity contribution in [2.24, 2.45) is 0 Å². The Morgan fingerprint density at radius 2 is 1.81 bits per heavy atom. The Morgan fingerprint density at radius 3 is 2.62 bits per heavy atom. The summed E-state index contributed by atoms with van der Waals surface area (Å²) >= 11 is 5.99. The van der Waals surface area contributed by atoms with Gasteiger partial charge in [-0.25, -0.2) is 8.42 Å². The zero-order valence-corrected chi connectivity index (χ0v) is 15.8. The fraction of sp³-hybridized carbons (Fsp3) is 0.368. The first kappa shape index (κ1) is 17.6. The van der Waals surface area contributed by atoms with Crippen molar-refractivity contribution in [2.75, 3.05) is 19.8 Å². The zero-order chi connectivity index (χ0) is 18.1. The van der Waals surface area contributed by atoms with Crippen LogP contribution in [0.3, 0.4) is 0 Å². The van der Waals surface area contributed by atoms with Gasteiger partial charge in [-0.15, -0.1) is 0 Å². The molecule has 0 aromatic heterocycles. The van der Waals surface area contributed by atoms with Gasteiger partial charge in [0.05, 0.1) is 24.2 Å². The van der Waals surface area contributed by atoms with Crippen LogP contribution < -0.4 is 9.47 Å². The first-order valence-corrected chi connectivity index (χ1v) is 10.5. The molecule has 26 heavy (non-hydrogen) atoms. The smallest absolute Gasteiger partial charge is 0.243 e. The molecule has 1 atom stereocenters. The zero-order valence-electron chi connectivity index (χ0n) is 14.2. The maximum absolute atomic E-state index is 13.1. The third kappa shape index (κ3) is 3.29. The number of ether oxygens (including phenoxy) is 2. The number of hydrogen-bond donors (Lipinski definition) is 0. The monoisotopic (exact) mass is 393 g/mol. The highest BCUT2D eigenvalue weighted by Crippen LogP contribution is 2.40. The Bertz CT molecular complexity index is 916. The lowest BCUT2D eigenvalue weighted by atomic mass is 10.0. The summed E-state index contributed by atoms with van der Waals surface area (Å²) < 4.78 is 39.2. The van der Waals surface area contributed by atoms with Gasteiger partial charge in [-0.2, -0.15) is 4.31 Å². The van der Waals surface area contributed by atoms with Gasteiger partial charge in [-0.05, 0) is 48.7 Å². The van der Waals surface area contributed by atoms with Crippen molar-refractivity contribution in [3.05, 3.63) is 53.1 Å². The summed E-state index contributed by atoms with van der Waals surface area (Å²) in [5.41, 5.74) is 0.928. The highest BCUT2D eigenvalue weighted by Gasteiger charge is 2.36. The lowest BCUT2D eigenvalue weighted by Gasteiger charge is -2.25. The summed E-state index contributed by atoms with van der Waals surface area (Å²) in [4.78, 5) is 0.228. The Kier molecular flexibility index (Phi) is 4.82. The molecular weight excluding hydrogens is 374 g/mol. The first-order chi connectivity index (χ1) is 12.6. The Morgan fingerprint density at radius 1 is 1.00 bits per heavy atom. The number of nitrogens with zero attached hydrogens (tertiary/aromatic N) is 1. The second-order valence-corrected chi connectivity index (χ2v) is 8.81. The molecule has 4 rings (SSSR count). The van der Waals surface area contributed by atoms with E-state index in [1.165, 1.54) is 6.07 Å². The average Bonchev–Trinajstić information content (AvgIpc) is 3.02. The third-order valence-corrected chi connectivity index (χ3v) is 6.90. The molecule has 138 valence electrons. The van der Waals surface area contributed by atoms with Crippen LogP contribution in [-0.2, 0) is 10.0 Å². The molecule has 2 aromatic carbocycles. The van der Waals surface area contributed by atoms with E-state index >= 15 is 0 Å². The molecule has 5 nitrogen and oxygen atoms in total. The molecule has 0 bridgehead atoms. The second-order valence-electron chi connectivity index (χ2n) is 6.49. The lowest BCUT2D eigenvalue weighted by Crippen LogP contribution is -2.30. The maximum Gasteiger partial charge on any atom is 0.243 e. The fourth-order valence-electron chi connectivity index (χ4n) is 3.51. The molecule has 1 unspecified atom stereocenters. The molecular formula is C19H20ClNO4S. The van der Waals surface area contributed by atoms with E-state index < -0.39 is 10.0 Å². The molecule has 2 heterocycles. The Labute approximate surface area is 158 Å².